The van der Waals surface area contributed by atoms with Crippen molar-refractivity contribution in [2.45, 2.75) is 45.2 Å². The fourth-order valence-corrected chi connectivity index (χ4v) is 3.38. The highest BCUT2D eigenvalue weighted by Gasteiger charge is 2.21. The van der Waals surface area contributed by atoms with Crippen molar-refractivity contribution in [1.82, 2.24) is 29.6 Å². The van der Waals surface area contributed by atoms with Gasteiger partial charge in [-0.15, -0.1) is 10.2 Å². The lowest BCUT2D eigenvalue weighted by atomic mass is 10.2. The standard InChI is InChI=1S/C17H20N6O2/c1-11-20-21-15(25-11)9-22(2)17(24)12-7-14-16(18-8-12)23(10-19-14)13-5-3-4-6-13/h7-8,10,13H,3-6,9H2,1-2H3. The molecule has 8 nitrogen and oxygen atoms in total. The van der Waals surface area contributed by atoms with Crippen LogP contribution in [0.2, 0.25) is 0 Å². The second-order valence-corrected chi connectivity index (χ2v) is 6.53. The third kappa shape index (κ3) is 2.99. The zero-order valence-electron chi connectivity index (χ0n) is 14.3. The van der Waals surface area contributed by atoms with Crippen LogP contribution in [-0.4, -0.2) is 42.6 Å². The highest BCUT2D eigenvalue weighted by Crippen LogP contribution is 2.31. The van der Waals surface area contributed by atoms with Crippen LogP contribution in [0, 0.1) is 6.92 Å². The third-order valence-electron chi connectivity index (χ3n) is 4.67. The minimum absolute atomic E-state index is 0.152. The van der Waals surface area contributed by atoms with Crippen LogP contribution < -0.4 is 0 Å². The molecule has 0 spiro atoms. The van der Waals surface area contributed by atoms with Gasteiger partial charge >= 0.3 is 0 Å². The van der Waals surface area contributed by atoms with Gasteiger partial charge in [-0.3, -0.25) is 4.79 Å². The number of carbonyl (C=O) groups is 1. The van der Waals surface area contributed by atoms with E-state index in [1.54, 1.807) is 26.2 Å². The maximum atomic E-state index is 12.6. The molecule has 1 aliphatic carbocycles. The molecule has 1 saturated carbocycles. The van der Waals surface area contributed by atoms with Gasteiger partial charge < -0.3 is 13.9 Å². The fourth-order valence-electron chi connectivity index (χ4n) is 3.38. The zero-order valence-corrected chi connectivity index (χ0v) is 14.3. The van der Waals surface area contributed by atoms with Crippen LogP contribution in [0.25, 0.3) is 11.2 Å². The average Bonchev–Trinajstić information content (AvgIpc) is 3.33. The molecule has 0 radical (unpaired) electrons. The van der Waals surface area contributed by atoms with E-state index in [9.17, 15) is 4.79 Å². The summed E-state index contributed by atoms with van der Waals surface area (Å²) in [6.07, 6.45) is 8.29. The molecule has 0 bridgehead atoms. The van der Waals surface area contributed by atoms with Crippen molar-refractivity contribution in [2.75, 3.05) is 7.05 Å². The number of nitrogens with zero attached hydrogens (tertiary/aromatic N) is 6. The van der Waals surface area contributed by atoms with E-state index in [1.807, 2.05) is 6.33 Å². The molecule has 8 heteroatoms. The summed E-state index contributed by atoms with van der Waals surface area (Å²) in [4.78, 5) is 23.1. The van der Waals surface area contributed by atoms with Crippen LogP contribution in [0.3, 0.4) is 0 Å². The molecule has 1 aliphatic rings. The Labute approximate surface area is 144 Å². The number of aryl methyl sites for hydroxylation is 1. The molecule has 3 aromatic rings. The molecule has 25 heavy (non-hydrogen) atoms. The predicted molar refractivity (Wildman–Crippen MR) is 89.9 cm³/mol. The number of aromatic nitrogens is 5. The van der Waals surface area contributed by atoms with Crippen molar-refractivity contribution in [2.24, 2.45) is 0 Å². The van der Waals surface area contributed by atoms with Crippen LogP contribution in [-0.2, 0) is 6.54 Å². The Bertz CT molecular complexity index is 909. The van der Waals surface area contributed by atoms with E-state index >= 15 is 0 Å². The molecule has 0 atom stereocenters. The number of rotatable bonds is 4. The Morgan fingerprint density at radius 3 is 2.84 bits per heavy atom. The van der Waals surface area contributed by atoms with Crippen molar-refractivity contribution in [1.29, 1.82) is 0 Å². The van der Waals surface area contributed by atoms with Crippen molar-refractivity contribution >= 4 is 17.1 Å². The molecular formula is C17H20N6O2. The number of hydrogen-bond donors (Lipinski definition) is 0. The summed E-state index contributed by atoms with van der Waals surface area (Å²) in [6.45, 7) is 1.98. The van der Waals surface area contributed by atoms with Crippen LogP contribution >= 0.6 is 0 Å². The number of carbonyl (C=O) groups excluding carboxylic acids is 1. The van der Waals surface area contributed by atoms with Gasteiger partial charge in [0.05, 0.1) is 18.4 Å². The summed E-state index contributed by atoms with van der Waals surface area (Å²) in [5.41, 5.74) is 2.10. The first-order valence-corrected chi connectivity index (χ1v) is 8.49. The SMILES string of the molecule is Cc1nnc(CN(C)C(=O)c2cnc3c(c2)ncn3C2CCCC2)o1. The van der Waals surface area contributed by atoms with Gasteiger partial charge in [0.15, 0.2) is 5.65 Å². The maximum absolute atomic E-state index is 12.6. The van der Waals surface area contributed by atoms with Crippen molar-refractivity contribution in [3.05, 3.63) is 35.9 Å². The lowest BCUT2D eigenvalue weighted by Gasteiger charge is -2.15. The highest BCUT2D eigenvalue weighted by molar-refractivity contribution is 5.96. The van der Waals surface area contributed by atoms with E-state index in [2.05, 4.69) is 24.7 Å². The quantitative estimate of drug-likeness (QED) is 0.725. The summed E-state index contributed by atoms with van der Waals surface area (Å²) < 4.78 is 7.46. The van der Waals surface area contributed by atoms with Crippen molar-refractivity contribution < 1.29 is 9.21 Å². The second-order valence-electron chi connectivity index (χ2n) is 6.53. The monoisotopic (exact) mass is 340 g/mol. The molecule has 130 valence electrons. The molecule has 1 fully saturated rings. The smallest absolute Gasteiger partial charge is 0.255 e. The fraction of sp³-hybridized carbons (Fsp3) is 0.471. The number of fused-ring (bicyclic) bond motifs is 1. The molecular weight excluding hydrogens is 320 g/mol. The van der Waals surface area contributed by atoms with Crippen LogP contribution in [0.5, 0.6) is 0 Å². The van der Waals surface area contributed by atoms with Crippen molar-refractivity contribution in [3.8, 4) is 0 Å². The zero-order chi connectivity index (χ0) is 17.4. The van der Waals surface area contributed by atoms with Gasteiger partial charge in [-0.2, -0.15) is 0 Å². The second kappa shape index (κ2) is 6.27. The van der Waals surface area contributed by atoms with Gasteiger partial charge in [-0.25, -0.2) is 9.97 Å². The number of amides is 1. The van der Waals surface area contributed by atoms with Crippen LogP contribution in [0.1, 0.15) is 53.9 Å². The largest absolute Gasteiger partial charge is 0.424 e. The van der Waals surface area contributed by atoms with Gasteiger partial charge in [-0.05, 0) is 18.9 Å². The molecule has 0 saturated heterocycles. The summed E-state index contributed by atoms with van der Waals surface area (Å²) in [5, 5.41) is 7.69. The Hall–Kier alpha value is -2.77. The molecule has 3 heterocycles. The molecule has 0 unspecified atom stereocenters. The lowest BCUT2D eigenvalue weighted by molar-refractivity contribution is 0.0772. The summed E-state index contributed by atoms with van der Waals surface area (Å²) in [6, 6.07) is 2.27. The first-order chi connectivity index (χ1) is 12.1. The lowest BCUT2D eigenvalue weighted by Crippen LogP contribution is -2.26. The normalized spacial score (nSPS) is 15.1. The first-order valence-electron chi connectivity index (χ1n) is 8.49. The molecule has 0 N–H and O–H groups in total. The van der Waals surface area contributed by atoms with Crippen LogP contribution in [0.4, 0.5) is 0 Å². The van der Waals surface area contributed by atoms with Gasteiger partial charge in [0.25, 0.3) is 5.91 Å². The number of pyridine rings is 1. The molecule has 0 aliphatic heterocycles. The Balaban J connectivity index is 1.55. The van der Waals surface area contributed by atoms with Crippen molar-refractivity contribution in [3.63, 3.8) is 0 Å². The van der Waals surface area contributed by atoms with E-state index in [-0.39, 0.29) is 12.5 Å². The predicted octanol–water partition coefficient (Wildman–Crippen LogP) is 2.51. The summed E-state index contributed by atoms with van der Waals surface area (Å²) in [5.74, 6) is 0.741. The highest BCUT2D eigenvalue weighted by atomic mass is 16.4. The van der Waals surface area contributed by atoms with E-state index in [0.717, 1.165) is 11.2 Å². The van der Waals surface area contributed by atoms with Gasteiger partial charge in [0, 0.05) is 26.2 Å². The summed E-state index contributed by atoms with van der Waals surface area (Å²) in [7, 11) is 1.70. The number of imidazole rings is 1. The number of hydrogen-bond acceptors (Lipinski definition) is 6. The molecule has 0 aromatic carbocycles. The van der Waals surface area contributed by atoms with Gasteiger partial charge in [0.2, 0.25) is 11.8 Å². The van der Waals surface area contributed by atoms with E-state index in [4.69, 9.17) is 4.42 Å². The topological polar surface area (TPSA) is 89.9 Å². The van der Waals surface area contributed by atoms with E-state index in [0.29, 0.717) is 23.4 Å². The summed E-state index contributed by atoms with van der Waals surface area (Å²) >= 11 is 0. The van der Waals surface area contributed by atoms with E-state index in [1.165, 1.54) is 30.6 Å². The molecule has 1 amide bonds. The van der Waals surface area contributed by atoms with Gasteiger partial charge in [0.1, 0.15) is 5.52 Å². The van der Waals surface area contributed by atoms with E-state index < -0.39 is 0 Å². The Kier molecular flexibility index (Phi) is 3.95. The van der Waals surface area contributed by atoms with Gasteiger partial charge in [-0.1, -0.05) is 12.8 Å². The minimum Gasteiger partial charge on any atom is -0.424 e. The molecule has 3 aromatic heterocycles. The minimum atomic E-state index is -0.152. The van der Waals surface area contributed by atoms with Crippen LogP contribution in [0.15, 0.2) is 23.0 Å². The average molecular weight is 340 g/mol. The first kappa shape index (κ1) is 15.7. The third-order valence-corrected chi connectivity index (χ3v) is 4.67. The molecule has 4 rings (SSSR count). The Morgan fingerprint density at radius 2 is 2.12 bits per heavy atom. The maximum Gasteiger partial charge on any atom is 0.255 e. The Morgan fingerprint density at radius 1 is 1.32 bits per heavy atom.